The molecule has 0 radical (unpaired) electrons. The van der Waals surface area contributed by atoms with Gasteiger partial charge < -0.3 is 23.6 Å². The van der Waals surface area contributed by atoms with Crippen LogP contribution in [-0.4, -0.2) is 54.1 Å². The summed E-state index contributed by atoms with van der Waals surface area (Å²) in [5.74, 6) is 0.737. The van der Waals surface area contributed by atoms with Crippen molar-refractivity contribution >= 4 is 7.60 Å². The number of methoxy groups -OCH3 is 1. The Morgan fingerprint density at radius 1 is 1.38 bits per heavy atom. The van der Waals surface area contributed by atoms with Crippen LogP contribution < -0.4 is 11.2 Å². The van der Waals surface area contributed by atoms with Crippen LogP contribution in [0.3, 0.4) is 0 Å². The molecule has 0 aromatic carbocycles. The Hall–Kier alpha value is -1.55. The molecule has 0 amide bonds. The van der Waals surface area contributed by atoms with Gasteiger partial charge >= 0.3 is 13.3 Å². The molecule has 1 aromatic heterocycles. The molecular weight excluding hydrogens is 367 g/mol. The van der Waals surface area contributed by atoms with Crippen molar-refractivity contribution in [2.45, 2.75) is 32.3 Å². The largest absolute Gasteiger partial charge is 0.380 e. The van der Waals surface area contributed by atoms with Crippen molar-refractivity contribution in [3.8, 4) is 0 Å². The molecule has 1 unspecified atom stereocenters. The zero-order valence-corrected chi connectivity index (χ0v) is 16.0. The second-order valence-corrected chi connectivity index (χ2v) is 7.23. The summed E-state index contributed by atoms with van der Waals surface area (Å²) in [4.78, 5) is 34.9. The van der Waals surface area contributed by atoms with Gasteiger partial charge in [0, 0.05) is 32.3 Å². The molecule has 3 atom stereocenters. The lowest BCUT2D eigenvalue weighted by Gasteiger charge is -2.24. The molecular formula is C15H25N2O8P. The Bertz CT molecular complexity index is 791. The molecule has 0 fully saturated rings. The van der Waals surface area contributed by atoms with Crippen LogP contribution >= 0.6 is 7.60 Å². The lowest BCUT2D eigenvalue weighted by atomic mass is 10.3. The van der Waals surface area contributed by atoms with Crippen LogP contribution in [-0.2, 0) is 23.3 Å². The average molecular weight is 393 g/mol. The van der Waals surface area contributed by atoms with Gasteiger partial charge in [-0.05, 0) is 19.9 Å². The van der Waals surface area contributed by atoms with E-state index in [0.29, 0.717) is 0 Å². The second-order valence-electron chi connectivity index (χ2n) is 5.48. The Kier molecular flexibility index (Phi) is 8.43. The minimum Gasteiger partial charge on any atom is -0.380 e. The zero-order valence-electron chi connectivity index (χ0n) is 16.1. The molecule has 0 aliphatic rings. The fraction of sp³-hybridized carbons (Fsp3) is 0.600. The summed E-state index contributed by atoms with van der Waals surface area (Å²) in [5.41, 5.74) is -1.30. The molecule has 0 aliphatic heterocycles. The summed E-state index contributed by atoms with van der Waals surface area (Å²) in [6.07, 6.45) is -1.08. The number of aromatic nitrogens is 2. The highest BCUT2D eigenvalue weighted by molar-refractivity contribution is 7.56. The molecule has 0 saturated heterocycles. The van der Waals surface area contributed by atoms with Crippen molar-refractivity contribution in [3.63, 3.8) is 0 Å². The van der Waals surface area contributed by atoms with Crippen LogP contribution in [0.5, 0.6) is 0 Å². The van der Waals surface area contributed by atoms with E-state index < -0.39 is 31.2 Å². The third kappa shape index (κ3) is 7.77. The lowest BCUT2D eigenvalue weighted by Crippen LogP contribution is -2.36. The predicted molar refractivity (Wildman–Crippen MR) is 94.2 cm³/mol. The maximum absolute atomic E-state index is 12.0. The summed E-state index contributed by atoms with van der Waals surface area (Å²) in [6.45, 7) is 3.35. The van der Waals surface area contributed by atoms with Crippen molar-refractivity contribution in [1.29, 1.82) is 0 Å². The van der Waals surface area contributed by atoms with E-state index in [1.54, 1.807) is 13.8 Å². The van der Waals surface area contributed by atoms with Crippen LogP contribution in [0.25, 0.3) is 0 Å². The van der Waals surface area contributed by atoms with E-state index in [4.69, 9.17) is 15.6 Å². The number of hydrogen-bond donors (Lipinski definition) is 2. The normalized spacial score (nSPS) is 17.6. The maximum atomic E-state index is 12.0. The molecule has 0 spiro atoms. The maximum Gasteiger partial charge on any atom is 0.351 e. The van der Waals surface area contributed by atoms with Gasteiger partial charge in [0.25, 0.3) is 5.56 Å². The standard InChI is InChI=1S/C15H25N2O8P/c1-11(2)24-9-12(6-8-26(20,21)23-4)25-14(10-22-3)17-7-5-13(18)16-15(17)19/h5-8,11-12,14H,9-10H2,1-4H3,(H,20,21)(H,16,18,19)/b8-6+/t12-,14-/m1/s1/i6D. The summed E-state index contributed by atoms with van der Waals surface area (Å²) >= 11 is 0. The molecule has 0 saturated carbocycles. The molecule has 11 heteroatoms. The van der Waals surface area contributed by atoms with E-state index in [0.717, 1.165) is 23.6 Å². The van der Waals surface area contributed by atoms with Crippen molar-refractivity contribution in [3.05, 3.63) is 45.0 Å². The van der Waals surface area contributed by atoms with E-state index in [1.165, 1.54) is 13.3 Å². The minimum absolute atomic E-state index is 0.0848. The smallest absolute Gasteiger partial charge is 0.351 e. The summed E-state index contributed by atoms with van der Waals surface area (Å²) in [7, 11) is -1.68. The first kappa shape index (κ1) is 20.8. The predicted octanol–water partition coefficient (Wildman–Crippen LogP) is 0.837. The second kappa shape index (κ2) is 10.6. The van der Waals surface area contributed by atoms with Gasteiger partial charge in [0.1, 0.15) is 6.10 Å². The molecule has 0 bridgehead atoms. The fourth-order valence-corrected chi connectivity index (χ4v) is 2.27. The third-order valence-corrected chi connectivity index (χ3v) is 4.06. The molecule has 1 heterocycles. The number of H-pyrrole nitrogens is 1. The summed E-state index contributed by atoms with van der Waals surface area (Å²) in [5, 5.41) is 0. The first-order valence-electron chi connectivity index (χ1n) is 8.24. The number of hydrogen-bond acceptors (Lipinski definition) is 7. The van der Waals surface area contributed by atoms with Gasteiger partial charge in [-0.3, -0.25) is 18.9 Å². The Morgan fingerprint density at radius 2 is 2.08 bits per heavy atom. The number of nitrogens with zero attached hydrogens (tertiary/aromatic N) is 1. The minimum atomic E-state index is -4.11. The summed E-state index contributed by atoms with van der Waals surface area (Å²) in [6, 6.07) is 0.777. The quantitative estimate of drug-likeness (QED) is 0.529. The van der Waals surface area contributed by atoms with Crippen LogP contribution in [0.4, 0.5) is 0 Å². The summed E-state index contributed by atoms with van der Waals surface area (Å²) < 4.78 is 41.6. The highest BCUT2D eigenvalue weighted by Gasteiger charge is 2.20. The molecule has 2 N–H and O–H groups in total. The molecule has 0 aliphatic carbocycles. The molecule has 26 heavy (non-hydrogen) atoms. The van der Waals surface area contributed by atoms with Gasteiger partial charge in [-0.25, -0.2) is 4.79 Å². The monoisotopic (exact) mass is 393 g/mol. The lowest BCUT2D eigenvalue weighted by molar-refractivity contribution is -0.102. The van der Waals surface area contributed by atoms with Crippen molar-refractivity contribution in [1.82, 2.24) is 9.55 Å². The van der Waals surface area contributed by atoms with Crippen LogP contribution in [0.2, 0.25) is 0 Å². The highest BCUT2D eigenvalue weighted by Crippen LogP contribution is 2.42. The van der Waals surface area contributed by atoms with Gasteiger partial charge in [-0.15, -0.1) is 0 Å². The van der Waals surface area contributed by atoms with Crippen molar-refractivity contribution in [2.24, 2.45) is 0 Å². The van der Waals surface area contributed by atoms with Crippen molar-refractivity contribution < 1.29 is 29.6 Å². The molecule has 148 valence electrons. The van der Waals surface area contributed by atoms with Gasteiger partial charge in [0.05, 0.1) is 20.7 Å². The van der Waals surface area contributed by atoms with E-state index in [2.05, 4.69) is 9.51 Å². The van der Waals surface area contributed by atoms with Gasteiger partial charge in [-0.1, -0.05) is 0 Å². The van der Waals surface area contributed by atoms with E-state index in [-0.39, 0.29) is 25.4 Å². The third-order valence-electron chi connectivity index (χ3n) is 3.06. The fourth-order valence-electron chi connectivity index (χ4n) is 1.81. The Balaban J connectivity index is 3.19. The topological polar surface area (TPSA) is 129 Å². The van der Waals surface area contributed by atoms with Gasteiger partial charge in [0.15, 0.2) is 6.23 Å². The van der Waals surface area contributed by atoms with E-state index >= 15 is 0 Å². The highest BCUT2D eigenvalue weighted by atomic mass is 31.2. The van der Waals surface area contributed by atoms with Crippen LogP contribution in [0.15, 0.2) is 33.7 Å². The van der Waals surface area contributed by atoms with Gasteiger partial charge in [0.2, 0.25) is 0 Å². The molecule has 10 nitrogen and oxygen atoms in total. The number of ether oxygens (including phenoxy) is 3. The number of rotatable bonds is 11. The first-order valence-corrected chi connectivity index (χ1v) is 9.39. The van der Waals surface area contributed by atoms with E-state index in [9.17, 15) is 19.0 Å². The Labute approximate surface area is 152 Å². The van der Waals surface area contributed by atoms with Gasteiger partial charge in [-0.2, -0.15) is 0 Å². The Morgan fingerprint density at radius 3 is 2.62 bits per heavy atom. The first-order chi connectivity index (χ1) is 12.6. The molecule has 1 rings (SSSR count). The zero-order chi connectivity index (χ0) is 20.6. The van der Waals surface area contributed by atoms with Crippen LogP contribution in [0.1, 0.15) is 21.4 Å². The van der Waals surface area contributed by atoms with E-state index in [1.807, 2.05) is 0 Å². The van der Waals surface area contributed by atoms with Crippen molar-refractivity contribution in [2.75, 3.05) is 27.4 Å². The number of aromatic amines is 1. The van der Waals surface area contributed by atoms with Crippen LogP contribution in [0, 0.1) is 0 Å². The SMILES string of the molecule is [2H]/C(=C\P(=O)(O)OC)[C@H](COC(C)C)O[C@H](COC)n1ccc(=O)[nH]c1=O. The number of nitrogens with one attached hydrogen (secondary N) is 1. The molecule has 1 aromatic rings. The average Bonchev–Trinajstić information content (AvgIpc) is 2.57.